The molecule has 3 N–H and O–H groups in total. The number of thiazole rings is 1. The van der Waals surface area contributed by atoms with Crippen molar-refractivity contribution in [3.8, 4) is 17.0 Å². The van der Waals surface area contributed by atoms with E-state index in [2.05, 4.69) is 10.3 Å². The summed E-state index contributed by atoms with van der Waals surface area (Å²) >= 11 is 1.40. The predicted octanol–water partition coefficient (Wildman–Crippen LogP) is 4.03. The van der Waals surface area contributed by atoms with Crippen LogP contribution in [-0.2, 0) is 4.79 Å². The molecular formula is C19H19N3O2S. The lowest BCUT2D eigenvalue weighted by Gasteiger charge is -2.11. The summed E-state index contributed by atoms with van der Waals surface area (Å²) in [6, 6.07) is 13.3. The van der Waals surface area contributed by atoms with Crippen LogP contribution in [0.3, 0.4) is 0 Å². The lowest BCUT2D eigenvalue weighted by atomic mass is 10.1. The van der Waals surface area contributed by atoms with Crippen LogP contribution in [0.2, 0.25) is 0 Å². The molecule has 128 valence electrons. The number of aromatic nitrogens is 1. The van der Waals surface area contributed by atoms with Crippen LogP contribution in [0.15, 0.2) is 47.8 Å². The number of ether oxygens (including phenoxy) is 1. The van der Waals surface area contributed by atoms with Crippen molar-refractivity contribution in [2.45, 2.75) is 13.8 Å². The van der Waals surface area contributed by atoms with Gasteiger partial charge in [-0.15, -0.1) is 11.3 Å². The number of rotatable bonds is 5. The third-order valence-corrected chi connectivity index (χ3v) is 4.57. The third kappa shape index (κ3) is 4.16. The topological polar surface area (TPSA) is 77.2 Å². The average molecular weight is 353 g/mol. The molecule has 0 bridgehead atoms. The second-order valence-electron chi connectivity index (χ2n) is 5.68. The van der Waals surface area contributed by atoms with Gasteiger partial charge in [0, 0.05) is 16.6 Å². The molecule has 2 aromatic carbocycles. The van der Waals surface area contributed by atoms with Crippen LogP contribution in [0.25, 0.3) is 11.3 Å². The summed E-state index contributed by atoms with van der Waals surface area (Å²) in [5, 5.41) is 5.27. The Balaban J connectivity index is 1.58. The van der Waals surface area contributed by atoms with Gasteiger partial charge in [0.1, 0.15) is 5.75 Å². The van der Waals surface area contributed by atoms with Crippen molar-refractivity contribution in [2.24, 2.45) is 0 Å². The number of benzene rings is 2. The fourth-order valence-electron chi connectivity index (χ4n) is 2.37. The highest BCUT2D eigenvalue weighted by atomic mass is 32.1. The molecule has 0 radical (unpaired) electrons. The Hall–Kier alpha value is -2.86. The summed E-state index contributed by atoms with van der Waals surface area (Å²) in [6.45, 7) is 3.96. The third-order valence-electron chi connectivity index (χ3n) is 3.90. The molecule has 0 spiro atoms. The van der Waals surface area contributed by atoms with E-state index in [1.54, 1.807) is 0 Å². The number of nitrogens with one attached hydrogen (secondary N) is 1. The number of amides is 1. The molecule has 1 amide bonds. The van der Waals surface area contributed by atoms with Crippen molar-refractivity contribution < 1.29 is 9.53 Å². The van der Waals surface area contributed by atoms with E-state index >= 15 is 0 Å². The maximum absolute atomic E-state index is 12.1. The summed E-state index contributed by atoms with van der Waals surface area (Å²) in [6.07, 6.45) is 0. The minimum atomic E-state index is -0.202. The Morgan fingerprint density at radius 1 is 1.20 bits per heavy atom. The smallest absolute Gasteiger partial charge is 0.262 e. The normalized spacial score (nSPS) is 10.5. The van der Waals surface area contributed by atoms with Crippen LogP contribution >= 0.6 is 11.3 Å². The average Bonchev–Trinajstić information content (AvgIpc) is 3.03. The van der Waals surface area contributed by atoms with Crippen LogP contribution in [0, 0.1) is 13.8 Å². The van der Waals surface area contributed by atoms with Crippen molar-refractivity contribution in [1.29, 1.82) is 0 Å². The molecule has 5 nitrogen and oxygen atoms in total. The number of carbonyl (C=O) groups excluding carboxylic acids is 1. The Labute approximate surface area is 150 Å². The molecule has 6 heteroatoms. The number of anilines is 2. The van der Waals surface area contributed by atoms with Crippen molar-refractivity contribution in [1.82, 2.24) is 4.98 Å². The van der Waals surface area contributed by atoms with Gasteiger partial charge in [-0.25, -0.2) is 4.98 Å². The summed E-state index contributed by atoms with van der Waals surface area (Å²) in [7, 11) is 0. The lowest BCUT2D eigenvalue weighted by molar-refractivity contribution is -0.118. The van der Waals surface area contributed by atoms with E-state index in [1.165, 1.54) is 11.3 Å². The fourth-order valence-corrected chi connectivity index (χ4v) is 2.94. The van der Waals surface area contributed by atoms with E-state index in [1.807, 2.05) is 61.7 Å². The second kappa shape index (κ2) is 7.36. The van der Waals surface area contributed by atoms with Gasteiger partial charge in [0.2, 0.25) is 0 Å². The van der Waals surface area contributed by atoms with Gasteiger partial charge < -0.3 is 15.8 Å². The first-order chi connectivity index (χ1) is 12.0. The Bertz CT molecular complexity index is 888. The number of aryl methyl sites for hydroxylation is 1. The molecule has 0 saturated heterocycles. The van der Waals surface area contributed by atoms with Crippen LogP contribution in [-0.4, -0.2) is 17.5 Å². The first-order valence-electron chi connectivity index (χ1n) is 7.83. The second-order valence-corrected chi connectivity index (χ2v) is 6.57. The number of nitrogens with zero attached hydrogens (tertiary/aromatic N) is 1. The van der Waals surface area contributed by atoms with E-state index < -0.39 is 0 Å². The minimum Gasteiger partial charge on any atom is -0.483 e. The van der Waals surface area contributed by atoms with Crippen molar-refractivity contribution in [3.05, 3.63) is 59.0 Å². The molecular weight excluding hydrogens is 334 g/mol. The van der Waals surface area contributed by atoms with Gasteiger partial charge in [-0.1, -0.05) is 24.3 Å². The highest BCUT2D eigenvalue weighted by molar-refractivity contribution is 7.13. The summed E-state index contributed by atoms with van der Waals surface area (Å²) in [5.41, 5.74) is 10.3. The number of carbonyl (C=O) groups is 1. The Morgan fingerprint density at radius 2 is 1.96 bits per heavy atom. The molecule has 0 aliphatic rings. The molecule has 1 aromatic heterocycles. The first kappa shape index (κ1) is 17.0. The van der Waals surface area contributed by atoms with E-state index in [-0.39, 0.29) is 12.5 Å². The molecule has 0 fully saturated rings. The van der Waals surface area contributed by atoms with Crippen LogP contribution in [0.4, 0.5) is 10.8 Å². The Morgan fingerprint density at radius 3 is 2.64 bits per heavy atom. The summed E-state index contributed by atoms with van der Waals surface area (Å²) in [5.74, 6) is 0.526. The van der Waals surface area contributed by atoms with Gasteiger partial charge in [-0.3, -0.25) is 4.79 Å². The van der Waals surface area contributed by atoms with E-state index in [9.17, 15) is 4.79 Å². The number of nitrogen functional groups attached to an aromatic ring is 1. The molecule has 3 rings (SSSR count). The highest BCUT2D eigenvalue weighted by Crippen LogP contribution is 2.24. The van der Waals surface area contributed by atoms with Crippen LogP contribution < -0.4 is 15.8 Å². The zero-order chi connectivity index (χ0) is 17.8. The maximum Gasteiger partial charge on any atom is 0.262 e. The minimum absolute atomic E-state index is 0.0331. The first-order valence-corrected chi connectivity index (χ1v) is 8.71. The van der Waals surface area contributed by atoms with Gasteiger partial charge in [-0.2, -0.15) is 0 Å². The molecule has 0 aliphatic heterocycles. The largest absolute Gasteiger partial charge is 0.483 e. The van der Waals surface area contributed by atoms with Crippen LogP contribution in [0.5, 0.6) is 5.75 Å². The predicted molar refractivity (Wildman–Crippen MR) is 102 cm³/mol. The zero-order valence-electron chi connectivity index (χ0n) is 14.1. The van der Waals surface area contributed by atoms with Gasteiger partial charge in [0.05, 0.1) is 5.69 Å². The maximum atomic E-state index is 12.1. The zero-order valence-corrected chi connectivity index (χ0v) is 14.9. The molecule has 0 aliphatic carbocycles. The van der Waals surface area contributed by atoms with Crippen molar-refractivity contribution in [3.63, 3.8) is 0 Å². The monoisotopic (exact) mass is 353 g/mol. The van der Waals surface area contributed by atoms with E-state index in [0.29, 0.717) is 10.8 Å². The molecule has 0 saturated carbocycles. The SMILES string of the molecule is Cc1cccc(OCC(=O)Nc2ccc(-c3csc(N)n3)cc2)c1C. The highest BCUT2D eigenvalue weighted by Gasteiger charge is 2.07. The van der Waals surface area contributed by atoms with E-state index in [0.717, 1.165) is 28.1 Å². The summed E-state index contributed by atoms with van der Waals surface area (Å²) < 4.78 is 5.61. The van der Waals surface area contributed by atoms with Gasteiger partial charge >= 0.3 is 0 Å². The van der Waals surface area contributed by atoms with Gasteiger partial charge in [0.15, 0.2) is 11.7 Å². The van der Waals surface area contributed by atoms with E-state index in [4.69, 9.17) is 10.5 Å². The summed E-state index contributed by atoms with van der Waals surface area (Å²) in [4.78, 5) is 16.3. The fraction of sp³-hybridized carbons (Fsp3) is 0.158. The number of nitrogens with two attached hydrogens (primary N) is 1. The lowest BCUT2D eigenvalue weighted by Crippen LogP contribution is -2.20. The molecule has 1 heterocycles. The van der Waals surface area contributed by atoms with Crippen molar-refractivity contribution >= 4 is 28.1 Å². The van der Waals surface area contributed by atoms with Crippen LogP contribution in [0.1, 0.15) is 11.1 Å². The number of hydrogen-bond donors (Lipinski definition) is 2. The quantitative estimate of drug-likeness (QED) is 0.726. The molecule has 3 aromatic rings. The van der Waals surface area contributed by atoms with Crippen molar-refractivity contribution in [2.75, 3.05) is 17.7 Å². The van der Waals surface area contributed by atoms with Gasteiger partial charge in [-0.05, 0) is 43.2 Å². The standard InChI is InChI=1S/C19H19N3O2S/c1-12-4-3-5-17(13(12)2)24-10-18(23)21-15-8-6-14(7-9-15)16-11-25-19(20)22-16/h3-9,11H,10H2,1-2H3,(H2,20,22)(H,21,23). The van der Waals surface area contributed by atoms with Gasteiger partial charge in [0.25, 0.3) is 5.91 Å². The molecule has 0 unspecified atom stereocenters. The molecule has 0 atom stereocenters. The molecule has 25 heavy (non-hydrogen) atoms. The Kier molecular flexibility index (Phi) is 5.00. The number of hydrogen-bond acceptors (Lipinski definition) is 5.